The summed E-state index contributed by atoms with van der Waals surface area (Å²) in [6.07, 6.45) is 0.796. The Balaban J connectivity index is 2.15. The van der Waals surface area contributed by atoms with Gasteiger partial charge in [0.15, 0.2) is 12.1 Å². The van der Waals surface area contributed by atoms with Crippen LogP contribution in [-0.4, -0.2) is 21.1 Å². The van der Waals surface area contributed by atoms with Crippen molar-refractivity contribution in [3.63, 3.8) is 0 Å². The molecule has 0 aliphatic carbocycles. The van der Waals surface area contributed by atoms with Crippen LogP contribution in [0, 0.1) is 13.8 Å². The van der Waals surface area contributed by atoms with Crippen LogP contribution in [0.3, 0.4) is 0 Å². The first-order chi connectivity index (χ1) is 8.61. The van der Waals surface area contributed by atoms with Crippen LogP contribution in [0.2, 0.25) is 0 Å². The van der Waals surface area contributed by atoms with E-state index in [1.807, 2.05) is 31.5 Å². The van der Waals surface area contributed by atoms with E-state index >= 15 is 0 Å². The molecule has 0 saturated heterocycles. The summed E-state index contributed by atoms with van der Waals surface area (Å²) < 4.78 is 7.46. The van der Waals surface area contributed by atoms with Gasteiger partial charge in [0.25, 0.3) is 0 Å². The Bertz CT molecular complexity index is 576. The van der Waals surface area contributed by atoms with E-state index in [0.29, 0.717) is 17.9 Å². The molecule has 0 aliphatic heterocycles. The standard InChI is InChI=1S/C13H15N3O2/c1-9-4-5-12(11(6-9)7-17)18-8-13-15-14-10(2)16(13)3/h4-7H,8H2,1-3H3. The maximum absolute atomic E-state index is 10.9. The Kier molecular flexibility index (Phi) is 3.41. The normalized spacial score (nSPS) is 10.4. The van der Waals surface area contributed by atoms with Gasteiger partial charge in [-0.05, 0) is 26.0 Å². The monoisotopic (exact) mass is 245 g/mol. The lowest BCUT2D eigenvalue weighted by molar-refractivity contribution is 0.111. The van der Waals surface area contributed by atoms with Gasteiger partial charge in [-0.25, -0.2) is 0 Å². The number of ether oxygens (including phenoxy) is 1. The lowest BCUT2D eigenvalue weighted by Crippen LogP contribution is -2.05. The number of aromatic nitrogens is 3. The minimum absolute atomic E-state index is 0.293. The quantitative estimate of drug-likeness (QED) is 0.771. The molecule has 0 spiro atoms. The van der Waals surface area contributed by atoms with Crippen LogP contribution in [0.1, 0.15) is 27.6 Å². The highest BCUT2D eigenvalue weighted by Gasteiger charge is 2.08. The molecule has 1 aromatic carbocycles. The molecule has 2 aromatic rings. The van der Waals surface area contributed by atoms with Gasteiger partial charge in [0.05, 0.1) is 5.56 Å². The summed E-state index contributed by atoms with van der Waals surface area (Å²) >= 11 is 0. The highest BCUT2D eigenvalue weighted by molar-refractivity contribution is 5.79. The van der Waals surface area contributed by atoms with Crippen molar-refractivity contribution in [1.29, 1.82) is 0 Å². The Morgan fingerprint density at radius 3 is 2.72 bits per heavy atom. The number of carbonyl (C=O) groups excluding carboxylic acids is 1. The fourth-order valence-electron chi connectivity index (χ4n) is 1.61. The van der Waals surface area contributed by atoms with Crippen molar-refractivity contribution in [3.8, 4) is 5.75 Å². The van der Waals surface area contributed by atoms with E-state index in [2.05, 4.69) is 10.2 Å². The minimum atomic E-state index is 0.293. The number of hydrogen-bond acceptors (Lipinski definition) is 4. The Morgan fingerprint density at radius 1 is 1.33 bits per heavy atom. The van der Waals surface area contributed by atoms with Crippen LogP contribution >= 0.6 is 0 Å². The molecule has 0 fully saturated rings. The average molecular weight is 245 g/mol. The molecule has 18 heavy (non-hydrogen) atoms. The first-order valence-corrected chi connectivity index (χ1v) is 5.65. The van der Waals surface area contributed by atoms with Crippen LogP contribution < -0.4 is 4.74 Å². The first kappa shape index (κ1) is 12.3. The van der Waals surface area contributed by atoms with Gasteiger partial charge in [-0.3, -0.25) is 4.79 Å². The molecule has 0 bridgehead atoms. The lowest BCUT2D eigenvalue weighted by atomic mass is 10.1. The summed E-state index contributed by atoms with van der Waals surface area (Å²) in [4.78, 5) is 10.9. The summed E-state index contributed by atoms with van der Waals surface area (Å²) in [6, 6.07) is 5.50. The number of benzene rings is 1. The molecule has 2 rings (SSSR count). The average Bonchev–Trinajstić information content (AvgIpc) is 2.68. The molecule has 5 nitrogen and oxygen atoms in total. The zero-order valence-corrected chi connectivity index (χ0v) is 10.7. The van der Waals surface area contributed by atoms with E-state index in [0.717, 1.165) is 23.5 Å². The topological polar surface area (TPSA) is 57.0 Å². The van der Waals surface area contributed by atoms with Gasteiger partial charge in [0.1, 0.15) is 18.2 Å². The van der Waals surface area contributed by atoms with Crippen LogP contribution in [0.5, 0.6) is 5.75 Å². The third-order valence-electron chi connectivity index (χ3n) is 2.83. The number of aldehydes is 1. The molecule has 94 valence electrons. The molecule has 0 N–H and O–H groups in total. The number of nitrogens with zero attached hydrogens (tertiary/aromatic N) is 3. The van der Waals surface area contributed by atoms with Crippen LogP contribution in [0.25, 0.3) is 0 Å². The van der Waals surface area contributed by atoms with Crippen molar-refractivity contribution in [2.45, 2.75) is 20.5 Å². The van der Waals surface area contributed by atoms with Gasteiger partial charge in [-0.1, -0.05) is 11.6 Å². The molecule has 1 heterocycles. The molecule has 0 radical (unpaired) electrons. The fourth-order valence-corrected chi connectivity index (χ4v) is 1.61. The van der Waals surface area contributed by atoms with Crippen LogP contribution in [-0.2, 0) is 13.7 Å². The van der Waals surface area contributed by atoms with Crippen molar-refractivity contribution in [2.75, 3.05) is 0 Å². The van der Waals surface area contributed by atoms with Crippen molar-refractivity contribution >= 4 is 6.29 Å². The molecule has 0 saturated carbocycles. The summed E-state index contributed by atoms with van der Waals surface area (Å²) in [7, 11) is 1.88. The van der Waals surface area contributed by atoms with Crippen molar-refractivity contribution in [2.24, 2.45) is 7.05 Å². The highest BCUT2D eigenvalue weighted by Crippen LogP contribution is 2.19. The van der Waals surface area contributed by atoms with E-state index in [9.17, 15) is 4.79 Å². The zero-order chi connectivity index (χ0) is 13.1. The van der Waals surface area contributed by atoms with Crippen LogP contribution in [0.4, 0.5) is 0 Å². The fraction of sp³-hybridized carbons (Fsp3) is 0.308. The number of aryl methyl sites for hydroxylation is 2. The predicted octanol–water partition coefficient (Wildman–Crippen LogP) is 1.82. The van der Waals surface area contributed by atoms with Crippen molar-refractivity contribution in [3.05, 3.63) is 41.0 Å². The first-order valence-electron chi connectivity index (χ1n) is 5.65. The molecule has 0 atom stereocenters. The van der Waals surface area contributed by atoms with Gasteiger partial charge >= 0.3 is 0 Å². The second-order valence-corrected chi connectivity index (χ2v) is 4.17. The van der Waals surface area contributed by atoms with Gasteiger partial charge in [-0.15, -0.1) is 10.2 Å². The molecular weight excluding hydrogens is 230 g/mol. The molecule has 0 unspecified atom stereocenters. The molecular formula is C13H15N3O2. The smallest absolute Gasteiger partial charge is 0.170 e. The highest BCUT2D eigenvalue weighted by atomic mass is 16.5. The van der Waals surface area contributed by atoms with Crippen molar-refractivity contribution in [1.82, 2.24) is 14.8 Å². The number of carbonyl (C=O) groups is 1. The summed E-state index contributed by atoms with van der Waals surface area (Å²) in [6.45, 7) is 4.10. The van der Waals surface area contributed by atoms with E-state index in [1.165, 1.54) is 0 Å². The summed E-state index contributed by atoms with van der Waals surface area (Å²) in [5, 5.41) is 7.95. The van der Waals surface area contributed by atoms with Gasteiger partial charge in [-0.2, -0.15) is 0 Å². The minimum Gasteiger partial charge on any atom is -0.485 e. The number of rotatable bonds is 4. The SMILES string of the molecule is Cc1ccc(OCc2nnc(C)n2C)c(C=O)c1. The second kappa shape index (κ2) is 5.00. The van der Waals surface area contributed by atoms with Crippen molar-refractivity contribution < 1.29 is 9.53 Å². The second-order valence-electron chi connectivity index (χ2n) is 4.17. The molecule has 5 heteroatoms. The zero-order valence-electron chi connectivity index (χ0n) is 10.7. The lowest BCUT2D eigenvalue weighted by Gasteiger charge is -2.08. The van der Waals surface area contributed by atoms with E-state index < -0.39 is 0 Å². The molecule has 1 aromatic heterocycles. The third kappa shape index (κ3) is 2.40. The maximum Gasteiger partial charge on any atom is 0.170 e. The van der Waals surface area contributed by atoms with Gasteiger partial charge < -0.3 is 9.30 Å². The summed E-state index contributed by atoms with van der Waals surface area (Å²) in [5.41, 5.74) is 1.58. The third-order valence-corrected chi connectivity index (χ3v) is 2.83. The number of hydrogen-bond donors (Lipinski definition) is 0. The van der Waals surface area contributed by atoms with E-state index in [1.54, 1.807) is 12.1 Å². The van der Waals surface area contributed by atoms with Gasteiger partial charge in [0.2, 0.25) is 0 Å². The maximum atomic E-state index is 10.9. The van der Waals surface area contributed by atoms with E-state index in [-0.39, 0.29) is 0 Å². The molecule has 0 amide bonds. The summed E-state index contributed by atoms with van der Waals surface area (Å²) in [5.74, 6) is 2.12. The Labute approximate surface area is 105 Å². The van der Waals surface area contributed by atoms with Crippen LogP contribution in [0.15, 0.2) is 18.2 Å². The largest absolute Gasteiger partial charge is 0.485 e. The Hall–Kier alpha value is -2.17. The Morgan fingerprint density at radius 2 is 2.11 bits per heavy atom. The van der Waals surface area contributed by atoms with E-state index in [4.69, 9.17) is 4.74 Å². The molecule has 0 aliphatic rings. The predicted molar refractivity (Wildman–Crippen MR) is 66.6 cm³/mol. The van der Waals surface area contributed by atoms with Gasteiger partial charge in [0, 0.05) is 7.05 Å².